The van der Waals surface area contributed by atoms with Crippen LogP contribution in [0.25, 0.3) is 10.9 Å². The molecule has 0 unspecified atom stereocenters. The number of benzene rings is 2. The molecule has 7 heteroatoms. The fourth-order valence-electron chi connectivity index (χ4n) is 4.61. The molecule has 4 rings (SSSR count). The average molecular weight is 438 g/mol. The molecule has 170 valence electrons. The molecule has 1 aliphatic heterocycles. The summed E-state index contributed by atoms with van der Waals surface area (Å²) in [5.74, 6) is 1.82. The van der Waals surface area contributed by atoms with Gasteiger partial charge in [-0.25, -0.2) is 0 Å². The second kappa shape index (κ2) is 9.53. The molecule has 1 amide bonds. The van der Waals surface area contributed by atoms with Crippen LogP contribution in [0.4, 0.5) is 0 Å². The number of carbonyl (C=O) groups is 1. The van der Waals surface area contributed by atoms with Gasteiger partial charge in [-0.2, -0.15) is 0 Å². The number of likely N-dealkylation sites (tertiary alicyclic amines) is 1. The normalized spacial score (nSPS) is 15.1. The second-order valence-electron chi connectivity index (χ2n) is 8.20. The van der Waals surface area contributed by atoms with Gasteiger partial charge >= 0.3 is 0 Å². The van der Waals surface area contributed by atoms with Gasteiger partial charge < -0.3 is 29.4 Å². The Morgan fingerprint density at radius 3 is 2.31 bits per heavy atom. The lowest BCUT2D eigenvalue weighted by molar-refractivity contribution is 0.100. The summed E-state index contributed by atoms with van der Waals surface area (Å²) in [4.78, 5) is 14.1. The second-order valence-corrected chi connectivity index (χ2v) is 8.20. The Bertz CT molecular complexity index is 1100. The van der Waals surface area contributed by atoms with Crippen molar-refractivity contribution in [2.45, 2.75) is 25.3 Å². The van der Waals surface area contributed by atoms with E-state index in [1.54, 1.807) is 27.4 Å². The van der Waals surface area contributed by atoms with Crippen LogP contribution < -0.4 is 19.9 Å². The van der Waals surface area contributed by atoms with Gasteiger partial charge in [-0.3, -0.25) is 4.79 Å². The average Bonchev–Trinajstić information content (AvgIpc) is 3.25. The predicted molar refractivity (Wildman–Crippen MR) is 125 cm³/mol. The van der Waals surface area contributed by atoms with E-state index in [0.29, 0.717) is 17.4 Å². The van der Waals surface area contributed by atoms with Gasteiger partial charge in [-0.1, -0.05) is 6.07 Å². The third kappa shape index (κ3) is 4.39. The van der Waals surface area contributed by atoms with Crippen LogP contribution in [-0.2, 0) is 6.42 Å². The molecular formula is C25H31N3O4. The fraction of sp³-hybridized carbons (Fsp3) is 0.400. The molecule has 1 aromatic heterocycles. The van der Waals surface area contributed by atoms with Crippen molar-refractivity contribution in [3.05, 3.63) is 53.7 Å². The number of methoxy groups -OCH3 is 3. The summed E-state index contributed by atoms with van der Waals surface area (Å²) in [6.07, 6.45) is 5.13. The van der Waals surface area contributed by atoms with Crippen LogP contribution in [0.2, 0.25) is 0 Å². The highest BCUT2D eigenvalue weighted by atomic mass is 16.5. The molecule has 0 saturated carbocycles. The first-order chi connectivity index (χ1) is 15.5. The van der Waals surface area contributed by atoms with E-state index >= 15 is 0 Å². The highest BCUT2D eigenvalue weighted by Gasteiger charge is 2.22. The third-order valence-corrected chi connectivity index (χ3v) is 6.44. The van der Waals surface area contributed by atoms with Crippen LogP contribution in [0.1, 0.15) is 34.8 Å². The quantitative estimate of drug-likeness (QED) is 0.582. The van der Waals surface area contributed by atoms with Crippen molar-refractivity contribution in [3.8, 4) is 17.2 Å². The van der Waals surface area contributed by atoms with Crippen molar-refractivity contribution >= 4 is 16.8 Å². The van der Waals surface area contributed by atoms with Crippen molar-refractivity contribution in [2.75, 3.05) is 41.0 Å². The van der Waals surface area contributed by atoms with Gasteiger partial charge in [0.1, 0.15) is 5.75 Å². The molecule has 0 radical (unpaired) electrons. The van der Waals surface area contributed by atoms with Crippen molar-refractivity contribution in [1.29, 1.82) is 0 Å². The number of aromatic nitrogens is 1. The zero-order valence-electron chi connectivity index (χ0n) is 19.0. The maximum absolute atomic E-state index is 11.6. The van der Waals surface area contributed by atoms with Gasteiger partial charge in [0.2, 0.25) is 5.91 Å². The molecule has 2 N–H and O–H groups in total. The SMILES string of the molecule is COc1cc(OC)c(OC)cc1CCN1CCC(n2ccc3ccc(C(N)=O)cc32)CC1. The van der Waals surface area contributed by atoms with E-state index in [9.17, 15) is 4.79 Å². The molecular weight excluding hydrogens is 406 g/mol. The number of nitrogens with zero attached hydrogens (tertiary/aromatic N) is 2. The molecule has 3 aromatic rings. The molecule has 0 spiro atoms. The number of hydrogen-bond donors (Lipinski definition) is 1. The van der Waals surface area contributed by atoms with E-state index in [2.05, 4.69) is 21.7 Å². The molecule has 1 fully saturated rings. The van der Waals surface area contributed by atoms with Crippen LogP contribution in [0.15, 0.2) is 42.6 Å². The van der Waals surface area contributed by atoms with Gasteiger partial charge in [0.25, 0.3) is 0 Å². The molecule has 2 aromatic carbocycles. The molecule has 7 nitrogen and oxygen atoms in total. The minimum atomic E-state index is -0.389. The standard InChI is InChI=1S/C25H31N3O4/c1-30-22-16-24(32-3)23(31-2)15-18(22)6-10-27-11-8-20(9-12-27)28-13-7-17-4-5-19(25(26)29)14-21(17)28/h4-5,7,13-16,20H,6,8-12H2,1-3H3,(H2,26,29). The maximum atomic E-state index is 11.6. The first kappa shape index (κ1) is 22.0. The molecule has 1 saturated heterocycles. The van der Waals surface area contributed by atoms with E-state index in [4.69, 9.17) is 19.9 Å². The van der Waals surface area contributed by atoms with Gasteiger partial charge in [0.05, 0.1) is 21.3 Å². The molecule has 1 aliphatic rings. The van der Waals surface area contributed by atoms with Crippen molar-refractivity contribution in [1.82, 2.24) is 9.47 Å². The summed E-state index contributed by atoms with van der Waals surface area (Å²) >= 11 is 0. The van der Waals surface area contributed by atoms with Gasteiger partial charge in [-0.15, -0.1) is 0 Å². The predicted octanol–water partition coefficient (Wildman–Crippen LogP) is 3.65. The summed E-state index contributed by atoms with van der Waals surface area (Å²) in [6.45, 7) is 3.00. The van der Waals surface area contributed by atoms with E-state index in [0.717, 1.165) is 66.9 Å². The Kier molecular flexibility index (Phi) is 6.55. The highest BCUT2D eigenvalue weighted by Crippen LogP contribution is 2.35. The highest BCUT2D eigenvalue weighted by molar-refractivity contribution is 5.97. The number of fused-ring (bicyclic) bond motifs is 1. The minimum absolute atomic E-state index is 0.389. The Morgan fingerprint density at radius 1 is 0.969 bits per heavy atom. The number of hydrogen-bond acceptors (Lipinski definition) is 5. The van der Waals surface area contributed by atoms with Crippen molar-refractivity contribution in [2.24, 2.45) is 5.73 Å². The Hall–Kier alpha value is -3.19. The van der Waals surface area contributed by atoms with E-state index in [1.807, 2.05) is 24.3 Å². The topological polar surface area (TPSA) is 78.9 Å². The Labute approximate surface area is 188 Å². The lowest BCUT2D eigenvalue weighted by Gasteiger charge is -2.33. The summed E-state index contributed by atoms with van der Waals surface area (Å²) < 4.78 is 18.7. The lowest BCUT2D eigenvalue weighted by atomic mass is 10.0. The molecule has 2 heterocycles. The largest absolute Gasteiger partial charge is 0.496 e. The zero-order valence-corrected chi connectivity index (χ0v) is 19.0. The van der Waals surface area contributed by atoms with Crippen molar-refractivity contribution in [3.63, 3.8) is 0 Å². The Morgan fingerprint density at radius 2 is 1.66 bits per heavy atom. The summed E-state index contributed by atoms with van der Waals surface area (Å²) in [5.41, 5.74) is 8.22. The van der Waals surface area contributed by atoms with Crippen LogP contribution in [0.3, 0.4) is 0 Å². The van der Waals surface area contributed by atoms with E-state index in [-0.39, 0.29) is 5.91 Å². The summed E-state index contributed by atoms with van der Waals surface area (Å²) in [6, 6.07) is 12.1. The number of carbonyl (C=O) groups excluding carboxylic acids is 1. The van der Waals surface area contributed by atoms with Crippen LogP contribution >= 0.6 is 0 Å². The smallest absolute Gasteiger partial charge is 0.248 e. The van der Waals surface area contributed by atoms with Crippen molar-refractivity contribution < 1.29 is 19.0 Å². The maximum Gasteiger partial charge on any atom is 0.248 e. The molecule has 32 heavy (non-hydrogen) atoms. The first-order valence-electron chi connectivity index (χ1n) is 11.0. The van der Waals surface area contributed by atoms with Crippen LogP contribution in [0, 0.1) is 0 Å². The summed E-state index contributed by atoms with van der Waals surface area (Å²) in [7, 11) is 4.96. The number of rotatable bonds is 8. The fourth-order valence-corrected chi connectivity index (χ4v) is 4.61. The number of ether oxygens (including phenoxy) is 3. The molecule has 0 bridgehead atoms. The van der Waals surface area contributed by atoms with Crippen LogP contribution in [0.5, 0.6) is 17.2 Å². The number of amides is 1. The number of primary amides is 1. The van der Waals surface area contributed by atoms with Gasteiger partial charge in [0.15, 0.2) is 11.5 Å². The first-order valence-corrected chi connectivity index (χ1v) is 11.0. The number of nitrogens with two attached hydrogens (primary N) is 1. The third-order valence-electron chi connectivity index (χ3n) is 6.44. The zero-order chi connectivity index (χ0) is 22.7. The van der Waals surface area contributed by atoms with Crippen LogP contribution in [-0.4, -0.2) is 56.3 Å². The van der Waals surface area contributed by atoms with E-state index in [1.165, 1.54) is 0 Å². The van der Waals surface area contributed by atoms with Gasteiger partial charge in [0, 0.05) is 49.0 Å². The monoisotopic (exact) mass is 437 g/mol. The number of piperidine rings is 1. The van der Waals surface area contributed by atoms with E-state index < -0.39 is 0 Å². The summed E-state index contributed by atoms with van der Waals surface area (Å²) in [5, 5.41) is 1.14. The molecule has 0 atom stereocenters. The Balaban J connectivity index is 1.40. The lowest BCUT2D eigenvalue weighted by Crippen LogP contribution is -2.35. The molecule has 0 aliphatic carbocycles. The minimum Gasteiger partial charge on any atom is -0.496 e. The van der Waals surface area contributed by atoms with Gasteiger partial charge in [-0.05, 0) is 54.5 Å².